The molecular formula is C45H78O10. The van der Waals surface area contributed by atoms with E-state index in [0.717, 1.165) is 83.5 Å². The fraction of sp³-hybridized carbons (Fsp3) is 0.778. The van der Waals surface area contributed by atoms with Crippen LogP contribution in [0, 0.1) is 0 Å². The summed E-state index contributed by atoms with van der Waals surface area (Å²) in [4.78, 5) is 25.3. The molecule has 1 saturated heterocycles. The highest BCUT2D eigenvalue weighted by molar-refractivity contribution is 5.70. The van der Waals surface area contributed by atoms with Crippen LogP contribution >= 0.6 is 0 Å². The van der Waals surface area contributed by atoms with Gasteiger partial charge in [-0.05, 0) is 77.0 Å². The maximum Gasteiger partial charge on any atom is 0.306 e. The van der Waals surface area contributed by atoms with Gasteiger partial charge in [-0.25, -0.2) is 0 Å². The van der Waals surface area contributed by atoms with Crippen LogP contribution in [0.3, 0.4) is 0 Å². The number of hydrogen-bond acceptors (Lipinski definition) is 10. The first kappa shape index (κ1) is 50.7. The van der Waals surface area contributed by atoms with Gasteiger partial charge in [0.1, 0.15) is 31.0 Å². The molecule has 0 aromatic carbocycles. The molecule has 0 aliphatic carbocycles. The molecule has 0 saturated carbocycles. The van der Waals surface area contributed by atoms with Gasteiger partial charge in [0.05, 0.1) is 13.2 Å². The van der Waals surface area contributed by atoms with Crippen LogP contribution in [-0.4, -0.2) is 89.0 Å². The molecule has 55 heavy (non-hydrogen) atoms. The summed E-state index contributed by atoms with van der Waals surface area (Å²) in [5.74, 6) is -0.842. The number of esters is 2. The van der Waals surface area contributed by atoms with Crippen molar-refractivity contribution in [3.8, 4) is 0 Å². The Morgan fingerprint density at radius 2 is 1.02 bits per heavy atom. The molecule has 1 rings (SSSR count). The minimum atomic E-state index is -1.60. The second-order valence-electron chi connectivity index (χ2n) is 14.8. The summed E-state index contributed by atoms with van der Waals surface area (Å²) in [6.45, 7) is 3.33. The SMILES string of the molecule is CCCCC/C=C\C/C=C\CCCCCCCC(=O)OC[C@@H](CO[C@@H]1O[C@H](CO)[C@@H](O)[C@H](O)[C@H]1O)OC(=O)CCCCCCC/C=C\C/C=C\CCCCC. The molecule has 0 bridgehead atoms. The number of aliphatic hydroxyl groups excluding tert-OH is 4. The summed E-state index contributed by atoms with van der Waals surface area (Å²) in [6.07, 6.45) is 33.9. The molecular weight excluding hydrogens is 700 g/mol. The van der Waals surface area contributed by atoms with E-state index in [1.807, 2.05) is 0 Å². The molecule has 10 heteroatoms. The fourth-order valence-corrected chi connectivity index (χ4v) is 6.19. The first-order chi connectivity index (χ1) is 26.8. The Morgan fingerprint density at radius 1 is 0.564 bits per heavy atom. The normalized spacial score (nSPS) is 21.0. The monoisotopic (exact) mass is 779 g/mol. The Labute approximate surface area is 333 Å². The second kappa shape index (κ2) is 36.0. The molecule has 1 aliphatic heterocycles. The zero-order valence-electron chi connectivity index (χ0n) is 34.4. The lowest BCUT2D eigenvalue weighted by atomic mass is 9.99. The molecule has 0 spiro atoms. The Kier molecular flexibility index (Phi) is 33.2. The molecule has 6 atom stereocenters. The largest absolute Gasteiger partial charge is 0.462 e. The van der Waals surface area contributed by atoms with E-state index in [9.17, 15) is 30.0 Å². The highest BCUT2D eigenvalue weighted by Gasteiger charge is 2.44. The lowest BCUT2D eigenvalue weighted by Gasteiger charge is -2.39. The van der Waals surface area contributed by atoms with Crippen molar-refractivity contribution in [1.82, 2.24) is 0 Å². The summed E-state index contributed by atoms with van der Waals surface area (Å²) >= 11 is 0. The molecule has 4 N–H and O–H groups in total. The van der Waals surface area contributed by atoms with Crippen LogP contribution in [0.25, 0.3) is 0 Å². The van der Waals surface area contributed by atoms with Crippen LogP contribution in [0.1, 0.15) is 168 Å². The zero-order chi connectivity index (χ0) is 40.2. The van der Waals surface area contributed by atoms with Crippen LogP contribution in [0.2, 0.25) is 0 Å². The van der Waals surface area contributed by atoms with E-state index in [4.69, 9.17) is 18.9 Å². The third kappa shape index (κ3) is 27.8. The molecule has 0 aromatic heterocycles. The number of carbonyl (C=O) groups excluding carboxylic acids is 2. The predicted octanol–water partition coefficient (Wildman–Crippen LogP) is 8.88. The first-order valence-corrected chi connectivity index (χ1v) is 21.7. The Balaban J connectivity index is 2.38. The van der Waals surface area contributed by atoms with E-state index in [0.29, 0.717) is 12.8 Å². The lowest BCUT2D eigenvalue weighted by Crippen LogP contribution is -2.59. The minimum absolute atomic E-state index is 0.209. The summed E-state index contributed by atoms with van der Waals surface area (Å²) in [5, 5.41) is 40.0. The van der Waals surface area contributed by atoms with Gasteiger partial charge in [0.25, 0.3) is 0 Å². The number of carbonyl (C=O) groups is 2. The van der Waals surface area contributed by atoms with Gasteiger partial charge in [-0.15, -0.1) is 0 Å². The fourth-order valence-electron chi connectivity index (χ4n) is 6.19. The van der Waals surface area contributed by atoms with Crippen molar-refractivity contribution in [3.63, 3.8) is 0 Å². The average Bonchev–Trinajstić information content (AvgIpc) is 3.18. The van der Waals surface area contributed by atoms with Gasteiger partial charge in [-0.1, -0.05) is 127 Å². The molecule has 0 radical (unpaired) electrons. The quantitative estimate of drug-likeness (QED) is 0.0279. The van der Waals surface area contributed by atoms with Crippen molar-refractivity contribution in [2.45, 2.75) is 205 Å². The van der Waals surface area contributed by atoms with Gasteiger partial charge in [0.15, 0.2) is 12.4 Å². The topological polar surface area (TPSA) is 152 Å². The molecule has 1 fully saturated rings. The smallest absolute Gasteiger partial charge is 0.306 e. The summed E-state index contributed by atoms with van der Waals surface area (Å²) < 4.78 is 22.1. The van der Waals surface area contributed by atoms with Crippen molar-refractivity contribution in [2.24, 2.45) is 0 Å². The molecule has 0 aromatic rings. The van der Waals surface area contributed by atoms with Gasteiger partial charge in [0.2, 0.25) is 0 Å². The van der Waals surface area contributed by atoms with E-state index in [1.165, 1.54) is 44.9 Å². The number of rotatable bonds is 35. The average molecular weight is 779 g/mol. The highest BCUT2D eigenvalue weighted by atomic mass is 16.7. The van der Waals surface area contributed by atoms with Crippen molar-refractivity contribution >= 4 is 11.9 Å². The maximum absolute atomic E-state index is 12.7. The standard InChI is InChI=1S/C45H78O10/c1-3-5-7-9-11-13-15-17-19-21-23-25-27-29-31-33-40(47)52-36-38(37-53-45-44(51)43(50)42(49)39(35-46)55-45)54-41(48)34-32-30-28-26-24-22-20-18-16-14-12-10-8-6-4-2/h11-14,17-20,38-39,42-46,49-51H,3-10,15-16,21-37H2,1-2H3/b13-11-,14-12-,19-17-,20-18-/t38-,39+,42+,43-,44+,45+/m0/s1. The number of aliphatic hydroxyl groups is 4. The molecule has 1 aliphatic rings. The molecule has 10 nitrogen and oxygen atoms in total. The first-order valence-electron chi connectivity index (χ1n) is 21.7. The third-order valence-corrected chi connectivity index (χ3v) is 9.69. The highest BCUT2D eigenvalue weighted by Crippen LogP contribution is 2.22. The molecule has 0 amide bonds. The Morgan fingerprint density at radius 3 is 1.51 bits per heavy atom. The number of allylic oxidation sites excluding steroid dienone is 8. The van der Waals surface area contributed by atoms with E-state index < -0.39 is 55.4 Å². The van der Waals surface area contributed by atoms with Crippen molar-refractivity contribution in [1.29, 1.82) is 0 Å². The summed E-state index contributed by atoms with van der Waals surface area (Å²) in [6, 6.07) is 0. The molecule has 1 heterocycles. The van der Waals surface area contributed by atoms with Crippen molar-refractivity contribution < 1.29 is 49.0 Å². The van der Waals surface area contributed by atoms with Crippen LogP contribution in [0.5, 0.6) is 0 Å². The Bertz CT molecular complexity index is 1040. The number of hydrogen-bond donors (Lipinski definition) is 4. The lowest BCUT2D eigenvalue weighted by molar-refractivity contribution is -0.305. The van der Waals surface area contributed by atoms with Crippen molar-refractivity contribution in [2.75, 3.05) is 19.8 Å². The Hall–Kier alpha value is -2.34. The van der Waals surface area contributed by atoms with E-state index in [1.54, 1.807) is 0 Å². The van der Waals surface area contributed by atoms with Gasteiger partial charge >= 0.3 is 11.9 Å². The second-order valence-corrected chi connectivity index (χ2v) is 14.8. The van der Waals surface area contributed by atoms with Gasteiger partial charge in [-0.2, -0.15) is 0 Å². The van der Waals surface area contributed by atoms with Crippen LogP contribution < -0.4 is 0 Å². The van der Waals surface area contributed by atoms with Gasteiger partial charge in [0, 0.05) is 12.8 Å². The van der Waals surface area contributed by atoms with Crippen LogP contribution in [0.15, 0.2) is 48.6 Å². The minimum Gasteiger partial charge on any atom is -0.462 e. The maximum atomic E-state index is 12.7. The predicted molar refractivity (Wildman–Crippen MR) is 219 cm³/mol. The summed E-state index contributed by atoms with van der Waals surface area (Å²) in [5.41, 5.74) is 0. The molecule has 318 valence electrons. The van der Waals surface area contributed by atoms with E-state index >= 15 is 0 Å². The molecule has 0 unspecified atom stereocenters. The van der Waals surface area contributed by atoms with E-state index in [-0.39, 0.29) is 26.1 Å². The summed E-state index contributed by atoms with van der Waals surface area (Å²) in [7, 11) is 0. The van der Waals surface area contributed by atoms with Crippen LogP contribution in [-0.2, 0) is 28.5 Å². The van der Waals surface area contributed by atoms with Crippen molar-refractivity contribution in [3.05, 3.63) is 48.6 Å². The number of ether oxygens (including phenoxy) is 4. The number of unbranched alkanes of at least 4 members (excludes halogenated alkanes) is 16. The zero-order valence-corrected chi connectivity index (χ0v) is 34.4. The van der Waals surface area contributed by atoms with Gasteiger partial charge in [-0.3, -0.25) is 9.59 Å². The van der Waals surface area contributed by atoms with E-state index in [2.05, 4.69) is 62.5 Å². The third-order valence-electron chi connectivity index (χ3n) is 9.69. The van der Waals surface area contributed by atoms with Gasteiger partial charge < -0.3 is 39.4 Å². The van der Waals surface area contributed by atoms with Crippen LogP contribution in [0.4, 0.5) is 0 Å².